The summed E-state index contributed by atoms with van der Waals surface area (Å²) in [7, 11) is 2.61. The van der Waals surface area contributed by atoms with Gasteiger partial charge in [-0.3, -0.25) is 14.5 Å². The first-order chi connectivity index (χ1) is 24.3. The molecule has 0 spiro atoms. The largest absolute Gasteiger partial charge is 0.327 e. The summed E-state index contributed by atoms with van der Waals surface area (Å²) in [6.07, 6.45) is 4.42. The molecule has 1 saturated heterocycles. The minimum absolute atomic E-state index is 0.279. The van der Waals surface area contributed by atoms with Crippen molar-refractivity contribution in [1.29, 1.82) is 0 Å². The van der Waals surface area contributed by atoms with Crippen LogP contribution in [0.1, 0.15) is 62.4 Å². The summed E-state index contributed by atoms with van der Waals surface area (Å²) >= 11 is 6.95. The number of aromatic nitrogens is 4. The van der Waals surface area contributed by atoms with E-state index in [-0.39, 0.29) is 17.9 Å². The van der Waals surface area contributed by atoms with Crippen LogP contribution in [0.15, 0.2) is 36.4 Å². The Hall–Kier alpha value is -4.08. The van der Waals surface area contributed by atoms with Crippen molar-refractivity contribution in [3.63, 3.8) is 0 Å². The normalized spacial score (nSPS) is 17.6. The van der Waals surface area contributed by atoms with Crippen molar-refractivity contribution in [2.75, 3.05) is 50.1 Å². The molecule has 2 amide bonds. The van der Waals surface area contributed by atoms with Gasteiger partial charge in [-0.1, -0.05) is 35.9 Å². The molecule has 3 aliphatic heterocycles. The first-order valence-corrected chi connectivity index (χ1v) is 19.5. The number of nitrogens with one attached hydrogen (secondary N) is 2. The average Bonchev–Trinajstić information content (AvgIpc) is 3.61. The van der Waals surface area contributed by atoms with Crippen LogP contribution in [0, 0.1) is 6.92 Å². The number of halogens is 1. The zero-order valence-corrected chi connectivity index (χ0v) is 31.2. The standard InChI is InChI=1S/C36H44ClN9O4S/c1-22-24(25-9-7-11-27(32(25)37)41-36(48)34-38-28-20-42(2)16-14-30(28)43(34)3)8-6-10-26(22)40-35(47)33-39-29-21-45(17-15-31(29)44(33)4)23-12-18-46(19-13-23)51(5,49)50/h6-11,23H,12-21H2,1-5H3,(H,40,47)(H,41,48). The lowest BCUT2D eigenvalue weighted by atomic mass is 9.98. The second-order valence-electron chi connectivity index (χ2n) is 13.9. The Balaban J connectivity index is 1.06. The first kappa shape index (κ1) is 35.3. The van der Waals surface area contributed by atoms with Crippen LogP contribution in [-0.2, 0) is 50.0 Å². The lowest BCUT2D eigenvalue weighted by Crippen LogP contribution is -2.47. The second kappa shape index (κ2) is 13.8. The number of carbonyl (C=O) groups is 2. The van der Waals surface area contributed by atoms with Gasteiger partial charge in [-0.05, 0) is 50.1 Å². The van der Waals surface area contributed by atoms with Crippen LogP contribution in [0.4, 0.5) is 11.4 Å². The van der Waals surface area contributed by atoms with Crippen molar-refractivity contribution in [2.24, 2.45) is 14.1 Å². The molecule has 1 fully saturated rings. The maximum Gasteiger partial charge on any atom is 0.291 e. The van der Waals surface area contributed by atoms with E-state index in [2.05, 4.69) is 25.4 Å². The van der Waals surface area contributed by atoms with Gasteiger partial charge >= 0.3 is 0 Å². The first-order valence-electron chi connectivity index (χ1n) is 17.3. The monoisotopic (exact) mass is 733 g/mol. The van der Waals surface area contributed by atoms with Gasteiger partial charge in [0.25, 0.3) is 11.8 Å². The summed E-state index contributed by atoms with van der Waals surface area (Å²) in [5.74, 6) is 0.0425. The number of anilines is 2. The molecule has 2 N–H and O–H groups in total. The molecule has 270 valence electrons. The van der Waals surface area contributed by atoms with E-state index in [1.165, 1.54) is 6.26 Å². The second-order valence-corrected chi connectivity index (χ2v) is 16.3. The fourth-order valence-electron chi connectivity index (χ4n) is 7.72. The molecule has 2 aromatic heterocycles. The molecule has 0 radical (unpaired) electrons. The van der Waals surface area contributed by atoms with Gasteiger partial charge in [-0.15, -0.1) is 0 Å². The van der Waals surface area contributed by atoms with E-state index < -0.39 is 10.0 Å². The number of amides is 2. The van der Waals surface area contributed by atoms with E-state index in [4.69, 9.17) is 16.6 Å². The van der Waals surface area contributed by atoms with Gasteiger partial charge in [0.1, 0.15) is 0 Å². The van der Waals surface area contributed by atoms with Crippen LogP contribution in [0.3, 0.4) is 0 Å². The molecule has 0 unspecified atom stereocenters. The summed E-state index contributed by atoms with van der Waals surface area (Å²) < 4.78 is 29.2. The number of fused-ring (bicyclic) bond motifs is 2. The fourth-order valence-corrected chi connectivity index (χ4v) is 8.87. The molecule has 2 aromatic carbocycles. The fraction of sp³-hybridized carbons (Fsp3) is 0.444. The molecule has 51 heavy (non-hydrogen) atoms. The Labute approximate surface area is 303 Å². The minimum atomic E-state index is -3.18. The number of carbonyl (C=O) groups excluding carboxylic acids is 2. The van der Waals surface area contributed by atoms with Gasteiger partial charge in [0.2, 0.25) is 10.0 Å². The quantitative estimate of drug-likeness (QED) is 0.290. The number of hydrogen-bond donors (Lipinski definition) is 2. The molecule has 4 aromatic rings. The van der Waals surface area contributed by atoms with Crippen molar-refractivity contribution in [2.45, 2.75) is 51.7 Å². The highest BCUT2D eigenvalue weighted by atomic mass is 35.5. The molecule has 0 aliphatic carbocycles. The Kier molecular flexibility index (Phi) is 9.56. The number of hydrogen-bond acceptors (Lipinski definition) is 8. The van der Waals surface area contributed by atoms with Crippen LogP contribution in [0.5, 0.6) is 0 Å². The van der Waals surface area contributed by atoms with Crippen molar-refractivity contribution < 1.29 is 18.0 Å². The highest BCUT2D eigenvalue weighted by Gasteiger charge is 2.33. The van der Waals surface area contributed by atoms with E-state index in [0.717, 1.165) is 78.2 Å². The Bertz CT molecular complexity index is 2140. The summed E-state index contributed by atoms with van der Waals surface area (Å²) in [6, 6.07) is 11.4. The van der Waals surface area contributed by atoms with E-state index in [1.54, 1.807) is 10.4 Å². The van der Waals surface area contributed by atoms with E-state index in [1.807, 2.05) is 67.5 Å². The predicted molar refractivity (Wildman–Crippen MR) is 198 cm³/mol. The third-order valence-electron chi connectivity index (χ3n) is 10.7. The number of sulfonamides is 1. The van der Waals surface area contributed by atoms with Gasteiger partial charge in [0, 0.05) is 94.9 Å². The molecule has 15 heteroatoms. The molecule has 0 saturated carbocycles. The zero-order valence-electron chi connectivity index (χ0n) is 29.7. The third kappa shape index (κ3) is 6.83. The molecular formula is C36H44ClN9O4S. The topological polar surface area (TPSA) is 138 Å². The Morgan fingerprint density at radius 3 is 1.96 bits per heavy atom. The van der Waals surface area contributed by atoms with Crippen LogP contribution in [0.2, 0.25) is 5.02 Å². The summed E-state index contributed by atoms with van der Waals surface area (Å²) in [4.78, 5) is 41.1. The molecule has 5 heterocycles. The molecule has 0 atom stereocenters. The number of imidazole rings is 2. The SMILES string of the molecule is Cc1c(NC(=O)c2nc3c(n2C)CCN(C2CCN(S(C)(=O)=O)CC2)C3)cccc1-c1cccc(NC(=O)c2nc3c(n2C)CCN(C)C3)c1Cl. The van der Waals surface area contributed by atoms with Crippen molar-refractivity contribution >= 4 is 44.8 Å². The van der Waals surface area contributed by atoms with Gasteiger partial charge in [-0.2, -0.15) is 0 Å². The van der Waals surface area contributed by atoms with Crippen LogP contribution < -0.4 is 10.6 Å². The van der Waals surface area contributed by atoms with E-state index in [9.17, 15) is 18.0 Å². The van der Waals surface area contributed by atoms with Gasteiger partial charge in [-0.25, -0.2) is 22.7 Å². The average molecular weight is 734 g/mol. The Morgan fingerprint density at radius 2 is 1.33 bits per heavy atom. The van der Waals surface area contributed by atoms with Crippen LogP contribution in [0.25, 0.3) is 11.1 Å². The molecule has 7 rings (SSSR count). The summed E-state index contributed by atoms with van der Waals surface area (Å²) in [6.45, 7) is 6.06. The summed E-state index contributed by atoms with van der Waals surface area (Å²) in [5.41, 5.74) is 7.38. The van der Waals surface area contributed by atoms with Crippen molar-refractivity contribution in [3.05, 3.63) is 81.4 Å². The third-order valence-corrected chi connectivity index (χ3v) is 12.4. The molecule has 13 nitrogen and oxygen atoms in total. The maximum atomic E-state index is 13.7. The molecule has 0 bridgehead atoms. The number of piperidine rings is 1. The number of nitrogens with zero attached hydrogens (tertiary/aromatic N) is 7. The van der Waals surface area contributed by atoms with Crippen LogP contribution in [-0.4, -0.2) is 99.0 Å². The Morgan fingerprint density at radius 1 is 0.784 bits per heavy atom. The van der Waals surface area contributed by atoms with Crippen molar-refractivity contribution in [1.82, 2.24) is 33.2 Å². The smallest absolute Gasteiger partial charge is 0.291 e. The van der Waals surface area contributed by atoms with Gasteiger partial charge in [0.15, 0.2) is 11.6 Å². The highest BCUT2D eigenvalue weighted by Crippen LogP contribution is 2.38. The predicted octanol–water partition coefficient (Wildman–Crippen LogP) is 4.06. The van der Waals surface area contributed by atoms with Gasteiger partial charge < -0.3 is 24.7 Å². The van der Waals surface area contributed by atoms with Crippen molar-refractivity contribution in [3.8, 4) is 11.1 Å². The highest BCUT2D eigenvalue weighted by molar-refractivity contribution is 7.88. The summed E-state index contributed by atoms with van der Waals surface area (Å²) in [5, 5.41) is 6.43. The van der Waals surface area contributed by atoms with Gasteiger partial charge in [0.05, 0.1) is 28.4 Å². The lowest BCUT2D eigenvalue weighted by Gasteiger charge is -2.39. The number of rotatable bonds is 7. The van der Waals surface area contributed by atoms with Crippen LogP contribution >= 0.6 is 11.6 Å². The lowest BCUT2D eigenvalue weighted by molar-refractivity contribution is 0.100. The molecular weight excluding hydrogens is 690 g/mol. The van der Waals surface area contributed by atoms with E-state index in [0.29, 0.717) is 54.2 Å². The molecule has 3 aliphatic rings. The minimum Gasteiger partial charge on any atom is -0.327 e. The number of benzene rings is 2. The van der Waals surface area contributed by atoms with E-state index >= 15 is 0 Å². The maximum absolute atomic E-state index is 13.7. The number of likely N-dealkylation sites (N-methyl/N-ethyl adjacent to an activating group) is 1. The zero-order chi connectivity index (χ0) is 36.2.